The van der Waals surface area contributed by atoms with E-state index in [4.69, 9.17) is 14.2 Å². The van der Waals surface area contributed by atoms with Gasteiger partial charge in [-0.15, -0.1) is 0 Å². The Morgan fingerprint density at radius 3 is 2.53 bits per heavy atom. The van der Waals surface area contributed by atoms with Gasteiger partial charge in [-0.3, -0.25) is 0 Å². The summed E-state index contributed by atoms with van der Waals surface area (Å²) in [6.45, 7) is 0. The van der Waals surface area contributed by atoms with E-state index in [-0.39, 0.29) is 0 Å². The van der Waals surface area contributed by atoms with Crippen molar-refractivity contribution in [1.29, 1.82) is 0 Å². The molecule has 3 rings (SSSR count). The summed E-state index contributed by atoms with van der Waals surface area (Å²) in [6.07, 6.45) is 10.6. The van der Waals surface area contributed by atoms with Crippen LogP contribution in [0.2, 0.25) is 0 Å². The largest absolute Gasteiger partial charge is 0.466 e. The van der Waals surface area contributed by atoms with Crippen molar-refractivity contribution in [2.75, 3.05) is 0 Å². The number of hydrogen-bond donors (Lipinski definition) is 0. The van der Waals surface area contributed by atoms with Crippen LogP contribution in [0.5, 0.6) is 0 Å². The van der Waals surface area contributed by atoms with E-state index in [1.807, 2.05) is 24.3 Å². The Labute approximate surface area is 99.6 Å². The maximum atomic E-state index is 5.60. The molecule has 0 bridgehead atoms. The van der Waals surface area contributed by atoms with Gasteiger partial charge in [0.1, 0.15) is 25.0 Å². The van der Waals surface area contributed by atoms with Crippen molar-refractivity contribution in [2.45, 2.75) is 12.2 Å². The summed E-state index contributed by atoms with van der Waals surface area (Å²) >= 11 is 0. The number of fused-ring (bicyclic) bond motifs is 1. The predicted octanol–water partition coefficient (Wildman–Crippen LogP) is 2.96. The van der Waals surface area contributed by atoms with Crippen LogP contribution in [-0.2, 0) is 20.6 Å². The quantitative estimate of drug-likeness (QED) is 0.683. The molecule has 1 aromatic carbocycles. The SMILES string of the molecule is C1=COC2(C=Cc3ccccc3C2)OC=CO1. The van der Waals surface area contributed by atoms with Gasteiger partial charge in [0.2, 0.25) is 0 Å². The molecule has 0 saturated carbocycles. The number of ether oxygens (including phenoxy) is 3. The topological polar surface area (TPSA) is 27.7 Å². The maximum absolute atomic E-state index is 5.60. The third-order valence-corrected chi connectivity index (χ3v) is 2.81. The first-order valence-electron chi connectivity index (χ1n) is 5.46. The number of hydrogen-bond acceptors (Lipinski definition) is 3. The van der Waals surface area contributed by atoms with Crippen molar-refractivity contribution in [3.05, 3.63) is 66.5 Å². The second kappa shape index (κ2) is 4.01. The normalized spacial score (nSPS) is 25.2. The third kappa shape index (κ3) is 1.91. The second-order valence-corrected chi connectivity index (χ2v) is 3.94. The Bertz CT molecular complexity index is 486. The highest BCUT2D eigenvalue weighted by Crippen LogP contribution is 2.30. The molecule has 0 N–H and O–H groups in total. The molecule has 0 unspecified atom stereocenters. The van der Waals surface area contributed by atoms with Gasteiger partial charge in [0, 0.05) is 6.08 Å². The Balaban J connectivity index is 1.94. The van der Waals surface area contributed by atoms with E-state index in [0.29, 0.717) is 6.42 Å². The van der Waals surface area contributed by atoms with Crippen molar-refractivity contribution in [3.63, 3.8) is 0 Å². The molecule has 1 spiro atoms. The monoisotopic (exact) mass is 228 g/mol. The molecule has 17 heavy (non-hydrogen) atoms. The van der Waals surface area contributed by atoms with Crippen LogP contribution in [0.15, 0.2) is 55.4 Å². The lowest BCUT2D eigenvalue weighted by Crippen LogP contribution is -2.35. The van der Waals surface area contributed by atoms with Gasteiger partial charge >= 0.3 is 0 Å². The highest BCUT2D eigenvalue weighted by Gasteiger charge is 2.33. The molecule has 2 aliphatic rings. The van der Waals surface area contributed by atoms with E-state index >= 15 is 0 Å². The molecular formula is C14H12O3. The predicted molar refractivity (Wildman–Crippen MR) is 63.4 cm³/mol. The van der Waals surface area contributed by atoms with Crippen LogP contribution < -0.4 is 0 Å². The minimum atomic E-state index is -0.759. The van der Waals surface area contributed by atoms with Crippen molar-refractivity contribution in [2.24, 2.45) is 0 Å². The smallest absolute Gasteiger partial charge is 0.274 e. The molecule has 1 aliphatic heterocycles. The highest BCUT2D eigenvalue weighted by molar-refractivity contribution is 5.58. The van der Waals surface area contributed by atoms with E-state index < -0.39 is 5.79 Å². The molecule has 1 aliphatic carbocycles. The Morgan fingerprint density at radius 1 is 0.941 bits per heavy atom. The molecule has 86 valence electrons. The fraction of sp³-hybridized carbons (Fsp3) is 0.143. The summed E-state index contributed by atoms with van der Waals surface area (Å²) in [7, 11) is 0. The van der Waals surface area contributed by atoms with Crippen LogP contribution in [0.1, 0.15) is 11.1 Å². The number of rotatable bonds is 0. The zero-order valence-electron chi connectivity index (χ0n) is 9.21. The molecule has 1 aromatic rings. The maximum Gasteiger partial charge on any atom is 0.274 e. The van der Waals surface area contributed by atoms with Crippen LogP contribution >= 0.6 is 0 Å². The molecule has 1 heterocycles. The van der Waals surface area contributed by atoms with Crippen LogP contribution in [0.25, 0.3) is 6.08 Å². The molecule has 0 fully saturated rings. The second-order valence-electron chi connectivity index (χ2n) is 3.94. The van der Waals surface area contributed by atoms with Gasteiger partial charge in [0.05, 0.1) is 6.42 Å². The van der Waals surface area contributed by atoms with E-state index in [0.717, 1.165) is 0 Å². The van der Waals surface area contributed by atoms with Crippen molar-refractivity contribution in [3.8, 4) is 0 Å². The van der Waals surface area contributed by atoms with Gasteiger partial charge in [-0.25, -0.2) is 0 Å². The van der Waals surface area contributed by atoms with E-state index in [2.05, 4.69) is 12.1 Å². The molecule has 3 heteroatoms. The molecule has 0 radical (unpaired) electrons. The minimum absolute atomic E-state index is 0.675. The molecular weight excluding hydrogens is 216 g/mol. The summed E-state index contributed by atoms with van der Waals surface area (Å²) in [5.74, 6) is -0.759. The van der Waals surface area contributed by atoms with Gasteiger partial charge in [-0.2, -0.15) is 0 Å². The summed E-state index contributed by atoms with van der Waals surface area (Å²) in [5.41, 5.74) is 2.41. The first kappa shape index (κ1) is 10.0. The zero-order valence-corrected chi connectivity index (χ0v) is 9.21. The molecule has 3 nitrogen and oxygen atoms in total. The number of benzene rings is 1. The van der Waals surface area contributed by atoms with Gasteiger partial charge in [-0.1, -0.05) is 30.3 Å². The molecule has 0 atom stereocenters. The standard InChI is InChI=1S/C14H12O3/c1-2-4-13-11-14(6-5-12(13)3-1)16-9-7-15-8-10-17-14/h1-10H,11H2. The molecule has 0 saturated heterocycles. The molecule has 0 amide bonds. The lowest BCUT2D eigenvalue weighted by molar-refractivity contribution is -0.137. The Kier molecular flexibility index (Phi) is 2.37. The average Bonchev–Trinajstić information content (AvgIpc) is 2.34. The lowest BCUT2D eigenvalue weighted by atomic mass is 9.93. The van der Waals surface area contributed by atoms with Gasteiger partial charge < -0.3 is 14.2 Å². The van der Waals surface area contributed by atoms with Crippen LogP contribution in [-0.4, -0.2) is 5.79 Å². The third-order valence-electron chi connectivity index (χ3n) is 2.81. The lowest BCUT2D eigenvalue weighted by Gasteiger charge is -2.32. The van der Waals surface area contributed by atoms with Crippen LogP contribution in [0, 0.1) is 0 Å². The van der Waals surface area contributed by atoms with Crippen LogP contribution in [0.3, 0.4) is 0 Å². The first-order valence-corrected chi connectivity index (χ1v) is 5.46. The summed E-state index contributed by atoms with van der Waals surface area (Å²) in [4.78, 5) is 0. The van der Waals surface area contributed by atoms with Crippen molar-refractivity contribution >= 4 is 6.08 Å². The average molecular weight is 228 g/mol. The van der Waals surface area contributed by atoms with Gasteiger partial charge in [0.15, 0.2) is 0 Å². The van der Waals surface area contributed by atoms with Gasteiger partial charge in [0.25, 0.3) is 5.79 Å². The van der Waals surface area contributed by atoms with E-state index in [1.54, 1.807) is 0 Å². The summed E-state index contributed by atoms with van der Waals surface area (Å²) < 4.78 is 16.1. The zero-order chi connectivity index (χ0) is 11.6. The highest BCUT2D eigenvalue weighted by atomic mass is 16.7. The Morgan fingerprint density at radius 2 is 1.71 bits per heavy atom. The van der Waals surface area contributed by atoms with Crippen LogP contribution in [0.4, 0.5) is 0 Å². The van der Waals surface area contributed by atoms with Crippen molar-refractivity contribution < 1.29 is 14.2 Å². The Hall–Kier alpha value is -2.16. The minimum Gasteiger partial charge on any atom is -0.466 e. The summed E-state index contributed by atoms with van der Waals surface area (Å²) in [6, 6.07) is 8.20. The van der Waals surface area contributed by atoms with Gasteiger partial charge in [-0.05, 0) is 11.1 Å². The molecule has 0 aromatic heterocycles. The van der Waals surface area contributed by atoms with E-state index in [9.17, 15) is 0 Å². The van der Waals surface area contributed by atoms with E-state index in [1.165, 1.54) is 36.2 Å². The van der Waals surface area contributed by atoms with Crippen molar-refractivity contribution in [1.82, 2.24) is 0 Å². The fourth-order valence-electron chi connectivity index (χ4n) is 1.98. The fourth-order valence-corrected chi connectivity index (χ4v) is 1.98. The summed E-state index contributed by atoms with van der Waals surface area (Å²) in [5, 5.41) is 0. The first-order chi connectivity index (χ1) is 8.38.